The van der Waals surface area contributed by atoms with E-state index < -0.39 is 0 Å². The standard InChI is InChI=1S/C23H23FN2O3/c24-19-7-8-20-21(16-19)29-15-14-26(20)23(28)18-10-12-25(13-11-18)22(27)9-6-17-4-2-1-3-5-17/h1-9,16,18H,10-15H2. The molecule has 0 N–H and O–H groups in total. The number of anilines is 1. The number of rotatable bonds is 3. The molecule has 0 atom stereocenters. The van der Waals surface area contributed by atoms with Gasteiger partial charge in [0.15, 0.2) is 0 Å². The Balaban J connectivity index is 1.36. The number of hydrogen-bond donors (Lipinski definition) is 0. The summed E-state index contributed by atoms with van der Waals surface area (Å²) < 4.78 is 18.9. The van der Waals surface area contributed by atoms with Crippen LogP contribution in [-0.4, -0.2) is 43.0 Å². The lowest BCUT2D eigenvalue weighted by Gasteiger charge is -2.36. The van der Waals surface area contributed by atoms with Crippen molar-refractivity contribution in [2.45, 2.75) is 12.8 Å². The summed E-state index contributed by atoms with van der Waals surface area (Å²) in [6.07, 6.45) is 4.64. The summed E-state index contributed by atoms with van der Waals surface area (Å²) in [4.78, 5) is 29.0. The van der Waals surface area contributed by atoms with Crippen molar-refractivity contribution in [1.29, 1.82) is 0 Å². The molecule has 2 aliphatic heterocycles. The van der Waals surface area contributed by atoms with E-state index in [9.17, 15) is 14.0 Å². The van der Waals surface area contributed by atoms with Crippen LogP contribution in [0.2, 0.25) is 0 Å². The van der Waals surface area contributed by atoms with Gasteiger partial charge in [0.05, 0.1) is 12.2 Å². The molecule has 0 radical (unpaired) electrons. The van der Waals surface area contributed by atoms with Gasteiger partial charge in [-0.1, -0.05) is 30.3 Å². The SMILES string of the molecule is O=C(C=Cc1ccccc1)N1CCC(C(=O)N2CCOc3cc(F)ccc32)CC1. The fourth-order valence-corrected chi connectivity index (χ4v) is 3.83. The summed E-state index contributed by atoms with van der Waals surface area (Å²) in [6.45, 7) is 1.91. The first-order valence-corrected chi connectivity index (χ1v) is 9.87. The van der Waals surface area contributed by atoms with Crippen molar-refractivity contribution >= 4 is 23.6 Å². The van der Waals surface area contributed by atoms with Crippen molar-refractivity contribution in [2.75, 3.05) is 31.1 Å². The van der Waals surface area contributed by atoms with Crippen molar-refractivity contribution in [3.05, 3.63) is 66.0 Å². The molecule has 0 bridgehead atoms. The van der Waals surface area contributed by atoms with Gasteiger partial charge in [0, 0.05) is 31.1 Å². The fraction of sp³-hybridized carbons (Fsp3) is 0.304. The number of hydrogen-bond acceptors (Lipinski definition) is 3. The van der Waals surface area contributed by atoms with E-state index in [1.165, 1.54) is 12.1 Å². The van der Waals surface area contributed by atoms with E-state index in [4.69, 9.17) is 4.74 Å². The van der Waals surface area contributed by atoms with Crippen molar-refractivity contribution in [2.24, 2.45) is 5.92 Å². The molecule has 0 aromatic heterocycles. The van der Waals surface area contributed by atoms with Gasteiger partial charge in [-0.15, -0.1) is 0 Å². The molecule has 150 valence electrons. The molecule has 2 amide bonds. The smallest absolute Gasteiger partial charge is 0.246 e. The van der Waals surface area contributed by atoms with Crippen LogP contribution in [0.3, 0.4) is 0 Å². The number of nitrogens with zero attached hydrogens (tertiary/aromatic N) is 2. The molecule has 0 saturated carbocycles. The molecule has 1 fully saturated rings. The molecular weight excluding hydrogens is 371 g/mol. The van der Waals surface area contributed by atoms with E-state index in [2.05, 4.69) is 0 Å². The van der Waals surface area contributed by atoms with Gasteiger partial charge in [-0.2, -0.15) is 0 Å². The van der Waals surface area contributed by atoms with E-state index in [0.717, 1.165) is 5.56 Å². The van der Waals surface area contributed by atoms with Gasteiger partial charge in [-0.05, 0) is 36.6 Å². The number of amides is 2. The zero-order valence-corrected chi connectivity index (χ0v) is 16.1. The molecule has 2 aliphatic rings. The maximum absolute atomic E-state index is 13.4. The Morgan fingerprint density at radius 3 is 2.55 bits per heavy atom. The van der Waals surface area contributed by atoms with Crippen LogP contribution in [0, 0.1) is 11.7 Å². The van der Waals surface area contributed by atoms with Crippen LogP contribution < -0.4 is 9.64 Å². The van der Waals surface area contributed by atoms with Crippen LogP contribution in [0.15, 0.2) is 54.6 Å². The highest BCUT2D eigenvalue weighted by molar-refractivity contribution is 5.97. The van der Waals surface area contributed by atoms with Crippen molar-refractivity contribution in [1.82, 2.24) is 4.90 Å². The van der Waals surface area contributed by atoms with Crippen molar-refractivity contribution in [3.63, 3.8) is 0 Å². The summed E-state index contributed by atoms with van der Waals surface area (Å²) in [5, 5.41) is 0. The molecule has 2 aromatic carbocycles. The lowest BCUT2D eigenvalue weighted by molar-refractivity contribution is -0.131. The highest BCUT2D eigenvalue weighted by Gasteiger charge is 2.32. The molecule has 0 spiro atoms. The molecule has 2 aromatic rings. The monoisotopic (exact) mass is 394 g/mol. The van der Waals surface area contributed by atoms with Crippen molar-refractivity contribution < 1.29 is 18.7 Å². The second-order valence-electron chi connectivity index (χ2n) is 7.29. The Bertz CT molecular complexity index is 921. The van der Waals surface area contributed by atoms with Crippen LogP contribution in [0.1, 0.15) is 18.4 Å². The number of likely N-dealkylation sites (tertiary alicyclic amines) is 1. The first-order valence-electron chi connectivity index (χ1n) is 9.87. The molecule has 0 aliphatic carbocycles. The molecule has 4 rings (SSSR count). The first-order chi connectivity index (χ1) is 14.1. The van der Waals surface area contributed by atoms with Crippen LogP contribution in [0.4, 0.5) is 10.1 Å². The van der Waals surface area contributed by atoms with E-state index >= 15 is 0 Å². The summed E-state index contributed by atoms with van der Waals surface area (Å²) >= 11 is 0. The Morgan fingerprint density at radius 1 is 1.03 bits per heavy atom. The predicted octanol–water partition coefficient (Wildman–Crippen LogP) is 3.50. The van der Waals surface area contributed by atoms with Crippen molar-refractivity contribution in [3.8, 4) is 5.75 Å². The molecule has 5 nitrogen and oxygen atoms in total. The van der Waals surface area contributed by atoms with Gasteiger partial charge < -0.3 is 14.5 Å². The summed E-state index contributed by atoms with van der Waals surface area (Å²) in [5.41, 5.74) is 1.60. The zero-order chi connectivity index (χ0) is 20.2. The average molecular weight is 394 g/mol. The summed E-state index contributed by atoms with van der Waals surface area (Å²) in [6, 6.07) is 13.9. The van der Waals surface area contributed by atoms with E-state index in [1.54, 1.807) is 21.9 Å². The third kappa shape index (κ3) is 4.31. The zero-order valence-electron chi connectivity index (χ0n) is 16.1. The molecule has 29 heavy (non-hydrogen) atoms. The first kappa shape index (κ1) is 19.2. The molecular formula is C23H23FN2O3. The largest absolute Gasteiger partial charge is 0.489 e. The number of ether oxygens (including phenoxy) is 1. The Labute approximate surface area is 169 Å². The van der Waals surface area contributed by atoms with Gasteiger partial charge in [0.1, 0.15) is 18.2 Å². The second kappa shape index (κ2) is 8.47. The lowest BCUT2D eigenvalue weighted by atomic mass is 9.94. The third-order valence-corrected chi connectivity index (χ3v) is 5.42. The fourth-order valence-electron chi connectivity index (χ4n) is 3.83. The minimum Gasteiger partial charge on any atom is -0.489 e. The van der Waals surface area contributed by atoms with E-state index in [1.807, 2.05) is 36.4 Å². The molecule has 6 heteroatoms. The van der Waals surface area contributed by atoms with Crippen LogP contribution in [0.5, 0.6) is 5.75 Å². The average Bonchev–Trinajstić information content (AvgIpc) is 2.77. The number of carbonyl (C=O) groups is 2. The highest BCUT2D eigenvalue weighted by Crippen LogP contribution is 2.34. The van der Waals surface area contributed by atoms with Crippen LogP contribution in [0.25, 0.3) is 6.08 Å². The number of fused-ring (bicyclic) bond motifs is 1. The number of halogens is 1. The maximum Gasteiger partial charge on any atom is 0.246 e. The third-order valence-electron chi connectivity index (χ3n) is 5.42. The topological polar surface area (TPSA) is 49.9 Å². The summed E-state index contributed by atoms with van der Waals surface area (Å²) in [5.74, 6) is -0.134. The predicted molar refractivity (Wildman–Crippen MR) is 109 cm³/mol. The summed E-state index contributed by atoms with van der Waals surface area (Å²) in [7, 11) is 0. The van der Waals surface area contributed by atoms with E-state index in [0.29, 0.717) is 50.5 Å². The maximum atomic E-state index is 13.4. The molecule has 1 saturated heterocycles. The minimum absolute atomic E-state index is 0.0214. The minimum atomic E-state index is -0.381. The van der Waals surface area contributed by atoms with Gasteiger partial charge in [0.2, 0.25) is 11.8 Å². The van der Waals surface area contributed by atoms with Gasteiger partial charge >= 0.3 is 0 Å². The lowest BCUT2D eigenvalue weighted by Crippen LogP contribution is -2.46. The Morgan fingerprint density at radius 2 is 1.79 bits per heavy atom. The van der Waals surface area contributed by atoms with Gasteiger partial charge in [-0.3, -0.25) is 9.59 Å². The van der Waals surface area contributed by atoms with Gasteiger partial charge in [-0.25, -0.2) is 4.39 Å². The van der Waals surface area contributed by atoms with Crippen LogP contribution >= 0.6 is 0 Å². The van der Waals surface area contributed by atoms with Gasteiger partial charge in [0.25, 0.3) is 0 Å². The van der Waals surface area contributed by atoms with Crippen LogP contribution in [-0.2, 0) is 9.59 Å². The normalized spacial score (nSPS) is 17.1. The highest BCUT2D eigenvalue weighted by atomic mass is 19.1. The Kier molecular flexibility index (Phi) is 5.60. The number of benzene rings is 2. The molecule has 0 unspecified atom stereocenters. The number of carbonyl (C=O) groups excluding carboxylic acids is 2. The number of piperidine rings is 1. The quantitative estimate of drug-likeness (QED) is 0.749. The second-order valence-corrected chi connectivity index (χ2v) is 7.29. The molecule has 2 heterocycles. The van der Waals surface area contributed by atoms with E-state index in [-0.39, 0.29) is 23.5 Å². The Hall–Kier alpha value is -3.15.